The highest BCUT2D eigenvalue weighted by Crippen LogP contribution is 2.36. The fourth-order valence-electron chi connectivity index (χ4n) is 3.34. The molecule has 0 spiro atoms. The van der Waals surface area contributed by atoms with Gasteiger partial charge in [-0.2, -0.15) is 0 Å². The van der Waals surface area contributed by atoms with E-state index >= 15 is 0 Å². The lowest BCUT2D eigenvalue weighted by molar-refractivity contribution is -0.127. The first-order valence-corrected chi connectivity index (χ1v) is 8.10. The van der Waals surface area contributed by atoms with Gasteiger partial charge in [-0.1, -0.05) is 6.07 Å². The summed E-state index contributed by atoms with van der Waals surface area (Å²) in [4.78, 5) is 22.7. The summed E-state index contributed by atoms with van der Waals surface area (Å²) >= 11 is 0. The van der Waals surface area contributed by atoms with Crippen molar-refractivity contribution in [2.24, 2.45) is 0 Å². The molecular formula is C17H21NO6. The molecule has 1 aliphatic heterocycles. The van der Waals surface area contributed by atoms with E-state index in [1.807, 2.05) is 12.1 Å². The number of nitrogens with one attached hydrogen (secondary N) is 1. The maximum Gasteiger partial charge on any atom is 0.506 e. The van der Waals surface area contributed by atoms with Crippen LogP contribution in [0.5, 0.6) is 11.5 Å². The van der Waals surface area contributed by atoms with E-state index in [1.165, 1.54) is 0 Å². The molecule has 2 N–H and O–H groups in total. The van der Waals surface area contributed by atoms with Crippen LogP contribution in [0.15, 0.2) is 18.2 Å². The molecule has 3 rings (SSSR count). The van der Waals surface area contributed by atoms with Gasteiger partial charge in [0.1, 0.15) is 0 Å². The molecule has 1 aromatic rings. The quantitative estimate of drug-likeness (QED) is 0.802. The van der Waals surface area contributed by atoms with Gasteiger partial charge in [0.15, 0.2) is 17.6 Å². The molecule has 24 heavy (non-hydrogen) atoms. The van der Waals surface area contributed by atoms with E-state index in [1.54, 1.807) is 13.2 Å². The molecule has 7 heteroatoms. The molecular weight excluding hydrogens is 314 g/mol. The molecule has 2 atom stereocenters. The number of hydrogen-bond acceptors (Lipinski definition) is 5. The van der Waals surface area contributed by atoms with E-state index < -0.39 is 18.2 Å². The number of carbonyl (C=O) groups is 2. The van der Waals surface area contributed by atoms with Gasteiger partial charge in [0.05, 0.1) is 13.2 Å². The number of carbonyl (C=O) groups excluding carboxylic acids is 1. The zero-order valence-electron chi connectivity index (χ0n) is 13.5. The highest BCUT2D eigenvalue weighted by Gasteiger charge is 2.39. The van der Waals surface area contributed by atoms with Crippen molar-refractivity contribution in [2.75, 3.05) is 13.7 Å². The zero-order valence-corrected chi connectivity index (χ0v) is 13.5. The van der Waals surface area contributed by atoms with Crippen LogP contribution in [0.4, 0.5) is 4.79 Å². The van der Waals surface area contributed by atoms with Gasteiger partial charge in [-0.05, 0) is 43.4 Å². The Labute approximate surface area is 139 Å². The van der Waals surface area contributed by atoms with Gasteiger partial charge in [0, 0.05) is 12.5 Å². The van der Waals surface area contributed by atoms with Crippen molar-refractivity contribution in [3.05, 3.63) is 23.8 Å². The number of methoxy groups -OCH3 is 1. The largest absolute Gasteiger partial charge is 0.506 e. The van der Waals surface area contributed by atoms with E-state index in [4.69, 9.17) is 19.3 Å². The van der Waals surface area contributed by atoms with Crippen molar-refractivity contribution in [3.63, 3.8) is 0 Å². The third kappa shape index (κ3) is 3.39. The number of benzene rings is 1. The molecule has 2 unspecified atom stereocenters. The Morgan fingerprint density at radius 1 is 1.25 bits per heavy atom. The molecule has 1 saturated heterocycles. The monoisotopic (exact) mass is 335 g/mol. The first-order chi connectivity index (χ1) is 11.6. The fraction of sp³-hybridized carbons (Fsp3) is 0.529. The number of carboxylic acid groups (broad SMARTS) is 1. The SMILES string of the molecule is COc1ccc(C2CNC(=O)C2OC(=O)O)cc1OC1CCCC1. The molecule has 0 aromatic heterocycles. The van der Waals surface area contributed by atoms with Crippen molar-refractivity contribution in [1.82, 2.24) is 5.32 Å². The summed E-state index contributed by atoms with van der Waals surface area (Å²) in [5.41, 5.74) is 0.786. The predicted molar refractivity (Wildman–Crippen MR) is 84.5 cm³/mol. The Balaban J connectivity index is 1.84. The summed E-state index contributed by atoms with van der Waals surface area (Å²) in [6.45, 7) is 0.325. The minimum absolute atomic E-state index is 0.170. The molecule has 1 amide bonds. The molecule has 1 heterocycles. The third-order valence-corrected chi connectivity index (χ3v) is 4.56. The molecule has 7 nitrogen and oxygen atoms in total. The molecule has 1 aliphatic carbocycles. The summed E-state index contributed by atoms with van der Waals surface area (Å²) in [6, 6.07) is 5.41. The van der Waals surface area contributed by atoms with Crippen molar-refractivity contribution >= 4 is 12.1 Å². The van der Waals surface area contributed by atoms with Crippen LogP contribution in [0.3, 0.4) is 0 Å². The maximum atomic E-state index is 11.8. The second kappa shape index (κ2) is 6.98. The second-order valence-corrected chi connectivity index (χ2v) is 6.09. The molecule has 1 aromatic carbocycles. The van der Waals surface area contributed by atoms with Gasteiger partial charge in [0.2, 0.25) is 0 Å². The molecule has 2 fully saturated rings. The summed E-state index contributed by atoms with van der Waals surface area (Å²) in [5, 5.41) is 11.5. The smallest absolute Gasteiger partial charge is 0.493 e. The lowest BCUT2D eigenvalue weighted by Crippen LogP contribution is -2.29. The highest BCUT2D eigenvalue weighted by molar-refractivity contribution is 5.86. The Hall–Kier alpha value is -2.44. The topological polar surface area (TPSA) is 94.1 Å². The number of ether oxygens (including phenoxy) is 3. The normalized spacial score (nSPS) is 23.8. The van der Waals surface area contributed by atoms with Gasteiger partial charge < -0.3 is 24.6 Å². The van der Waals surface area contributed by atoms with Gasteiger partial charge in [-0.15, -0.1) is 0 Å². The first kappa shape index (κ1) is 16.4. The van der Waals surface area contributed by atoms with Crippen LogP contribution >= 0.6 is 0 Å². The summed E-state index contributed by atoms with van der Waals surface area (Å²) in [6.07, 6.45) is 2.00. The number of hydrogen-bond donors (Lipinski definition) is 2. The van der Waals surface area contributed by atoms with Gasteiger partial charge >= 0.3 is 6.16 Å². The highest BCUT2D eigenvalue weighted by atomic mass is 16.7. The molecule has 1 saturated carbocycles. The van der Waals surface area contributed by atoms with Crippen LogP contribution in [0.2, 0.25) is 0 Å². The molecule has 2 aliphatic rings. The molecule has 0 bridgehead atoms. The van der Waals surface area contributed by atoms with Crippen molar-refractivity contribution in [2.45, 2.75) is 43.8 Å². The minimum atomic E-state index is -1.46. The predicted octanol–water partition coefficient (Wildman–Crippen LogP) is 2.29. The minimum Gasteiger partial charge on any atom is -0.493 e. The molecule has 130 valence electrons. The lowest BCUT2D eigenvalue weighted by atomic mass is 9.95. The van der Waals surface area contributed by atoms with E-state index in [0.717, 1.165) is 31.2 Å². The number of amides is 1. The summed E-state index contributed by atoms with van der Waals surface area (Å²) in [5.74, 6) is 0.441. The van der Waals surface area contributed by atoms with E-state index in [-0.39, 0.29) is 12.0 Å². The van der Waals surface area contributed by atoms with E-state index in [2.05, 4.69) is 5.32 Å². The Bertz CT molecular complexity index is 626. The first-order valence-electron chi connectivity index (χ1n) is 8.10. The van der Waals surface area contributed by atoms with E-state index in [0.29, 0.717) is 18.0 Å². The third-order valence-electron chi connectivity index (χ3n) is 4.56. The average Bonchev–Trinajstić information content (AvgIpc) is 3.18. The Morgan fingerprint density at radius 2 is 2.00 bits per heavy atom. The van der Waals surface area contributed by atoms with Gasteiger partial charge in [-0.3, -0.25) is 4.79 Å². The van der Waals surface area contributed by atoms with Gasteiger partial charge in [-0.25, -0.2) is 4.79 Å². The van der Waals surface area contributed by atoms with Crippen LogP contribution in [0.25, 0.3) is 0 Å². The van der Waals surface area contributed by atoms with Crippen LogP contribution < -0.4 is 14.8 Å². The van der Waals surface area contributed by atoms with Crippen molar-refractivity contribution in [1.29, 1.82) is 0 Å². The lowest BCUT2D eigenvalue weighted by Gasteiger charge is -2.20. The standard InChI is InChI=1S/C17H21NO6/c1-22-13-7-6-10(8-14(13)23-11-4-2-3-5-11)12-9-18-16(19)15(12)24-17(20)21/h6-8,11-12,15H,2-5,9H2,1H3,(H,18,19)(H,20,21). The fourth-order valence-corrected chi connectivity index (χ4v) is 3.34. The van der Waals surface area contributed by atoms with Crippen LogP contribution in [-0.4, -0.2) is 43.0 Å². The second-order valence-electron chi connectivity index (χ2n) is 6.09. The molecule has 0 radical (unpaired) electrons. The number of rotatable bonds is 5. The van der Waals surface area contributed by atoms with Gasteiger partial charge in [0.25, 0.3) is 5.91 Å². The van der Waals surface area contributed by atoms with Crippen LogP contribution in [0.1, 0.15) is 37.2 Å². The van der Waals surface area contributed by atoms with E-state index in [9.17, 15) is 9.59 Å². The van der Waals surface area contributed by atoms with Crippen molar-refractivity contribution < 1.29 is 28.9 Å². The average molecular weight is 335 g/mol. The van der Waals surface area contributed by atoms with Crippen LogP contribution in [0, 0.1) is 0 Å². The maximum absolute atomic E-state index is 11.8. The Kier molecular flexibility index (Phi) is 4.78. The van der Waals surface area contributed by atoms with Crippen molar-refractivity contribution in [3.8, 4) is 11.5 Å². The summed E-state index contributed by atoms with van der Waals surface area (Å²) in [7, 11) is 1.58. The Morgan fingerprint density at radius 3 is 2.67 bits per heavy atom. The summed E-state index contributed by atoms with van der Waals surface area (Å²) < 4.78 is 16.2. The zero-order chi connectivity index (χ0) is 17.1. The van der Waals surface area contributed by atoms with Crippen LogP contribution in [-0.2, 0) is 9.53 Å².